The Balaban J connectivity index is 2.14. The summed E-state index contributed by atoms with van der Waals surface area (Å²) in [6.07, 6.45) is 1.18. The Bertz CT molecular complexity index is 733. The smallest absolute Gasteiger partial charge is 0.175 e. The summed E-state index contributed by atoms with van der Waals surface area (Å²) >= 11 is 0. The first-order chi connectivity index (χ1) is 9.86. The fourth-order valence-electron chi connectivity index (χ4n) is 1.69. The van der Waals surface area contributed by atoms with E-state index in [1.54, 1.807) is 12.1 Å². The Morgan fingerprint density at radius 1 is 0.810 bits per heavy atom. The van der Waals surface area contributed by atoms with Crippen molar-refractivity contribution in [3.8, 4) is 0 Å². The van der Waals surface area contributed by atoms with Crippen LogP contribution in [0, 0.1) is 0 Å². The summed E-state index contributed by atoms with van der Waals surface area (Å²) in [5.41, 5.74) is 2.44. The molecule has 0 saturated heterocycles. The van der Waals surface area contributed by atoms with Crippen molar-refractivity contribution in [1.82, 2.24) is 0 Å². The van der Waals surface area contributed by atoms with Crippen molar-refractivity contribution in [2.75, 3.05) is 25.3 Å². The van der Waals surface area contributed by atoms with E-state index in [4.69, 9.17) is 0 Å². The molecule has 0 atom stereocenters. The summed E-state index contributed by atoms with van der Waals surface area (Å²) in [6, 6.07) is 14.0. The van der Waals surface area contributed by atoms with E-state index in [-0.39, 0.29) is 4.90 Å². The molecule has 110 valence electrons. The van der Waals surface area contributed by atoms with Crippen molar-refractivity contribution in [3.63, 3.8) is 0 Å². The molecule has 0 bridgehead atoms. The van der Waals surface area contributed by atoms with Crippen molar-refractivity contribution >= 4 is 26.9 Å². The van der Waals surface area contributed by atoms with Gasteiger partial charge in [0.25, 0.3) is 0 Å². The number of hydrogen-bond donors (Lipinski definition) is 0. The number of anilines is 1. The first-order valence-corrected chi connectivity index (χ1v) is 8.25. The van der Waals surface area contributed by atoms with Crippen LogP contribution in [0.3, 0.4) is 0 Å². The monoisotopic (exact) mass is 303 g/mol. The van der Waals surface area contributed by atoms with Crippen molar-refractivity contribution in [2.24, 2.45) is 10.2 Å². The summed E-state index contributed by atoms with van der Waals surface area (Å²) in [5, 5.41) is 8.22. The van der Waals surface area contributed by atoms with Crippen molar-refractivity contribution in [3.05, 3.63) is 48.5 Å². The maximum absolute atomic E-state index is 11.4. The highest BCUT2D eigenvalue weighted by Crippen LogP contribution is 2.22. The second-order valence-corrected chi connectivity index (χ2v) is 6.89. The predicted octanol–water partition coefficient (Wildman–Crippen LogP) is 3.57. The van der Waals surface area contributed by atoms with Crippen molar-refractivity contribution in [1.29, 1.82) is 0 Å². The molecule has 0 aliphatic heterocycles. The minimum absolute atomic E-state index is 0.275. The van der Waals surface area contributed by atoms with E-state index < -0.39 is 9.84 Å². The second-order valence-electron chi connectivity index (χ2n) is 4.88. The van der Waals surface area contributed by atoms with Gasteiger partial charge in [-0.3, -0.25) is 0 Å². The molecule has 6 heteroatoms. The molecule has 2 aromatic rings. The van der Waals surface area contributed by atoms with E-state index >= 15 is 0 Å². The zero-order valence-corrected chi connectivity index (χ0v) is 13.0. The molecule has 5 nitrogen and oxygen atoms in total. The molecule has 2 rings (SSSR count). The largest absolute Gasteiger partial charge is 0.378 e. The SMILES string of the molecule is CN(C)c1ccc(/N=N/c2ccc(S(C)(=O)=O)cc2)cc1. The van der Waals surface area contributed by atoms with Crippen LogP contribution in [0.4, 0.5) is 17.1 Å². The molecule has 0 radical (unpaired) electrons. The Morgan fingerprint density at radius 2 is 1.24 bits per heavy atom. The molecule has 21 heavy (non-hydrogen) atoms. The molecule has 0 aromatic heterocycles. The summed E-state index contributed by atoms with van der Waals surface area (Å²) in [4.78, 5) is 2.28. The Kier molecular flexibility index (Phi) is 4.37. The van der Waals surface area contributed by atoms with Crippen LogP contribution in [0.5, 0.6) is 0 Å². The van der Waals surface area contributed by atoms with E-state index in [1.165, 1.54) is 18.4 Å². The topological polar surface area (TPSA) is 62.1 Å². The standard InChI is InChI=1S/C15H17N3O2S/c1-18(2)14-8-4-12(5-9-14)16-17-13-6-10-15(11-7-13)21(3,19)20/h4-11H,1-3H3/b17-16+. The third kappa shape index (κ3) is 4.13. The van der Waals surface area contributed by atoms with Gasteiger partial charge in [-0.25, -0.2) is 8.42 Å². The lowest BCUT2D eigenvalue weighted by molar-refractivity contribution is 0.602. The lowest BCUT2D eigenvalue weighted by atomic mass is 10.3. The van der Waals surface area contributed by atoms with E-state index in [0.717, 1.165) is 11.4 Å². The lowest BCUT2D eigenvalue weighted by Crippen LogP contribution is -2.07. The summed E-state index contributed by atoms with van der Waals surface area (Å²) in [7, 11) is 0.768. The van der Waals surface area contributed by atoms with E-state index in [1.807, 2.05) is 43.3 Å². The van der Waals surface area contributed by atoms with Gasteiger partial charge in [-0.05, 0) is 48.5 Å². The Labute approximate surface area is 124 Å². The first-order valence-electron chi connectivity index (χ1n) is 6.35. The highest BCUT2D eigenvalue weighted by Gasteiger charge is 2.05. The van der Waals surface area contributed by atoms with Gasteiger partial charge in [-0.15, -0.1) is 0 Å². The van der Waals surface area contributed by atoms with Gasteiger partial charge in [-0.1, -0.05) is 0 Å². The van der Waals surface area contributed by atoms with Gasteiger partial charge >= 0.3 is 0 Å². The maximum atomic E-state index is 11.4. The fraction of sp³-hybridized carbons (Fsp3) is 0.200. The van der Waals surface area contributed by atoms with Gasteiger partial charge in [0, 0.05) is 26.0 Å². The summed E-state index contributed by atoms with van der Waals surface area (Å²) < 4.78 is 22.7. The molecule has 0 aliphatic carbocycles. The number of azo groups is 1. The minimum atomic E-state index is -3.18. The van der Waals surface area contributed by atoms with Crippen LogP contribution in [0.1, 0.15) is 0 Å². The lowest BCUT2D eigenvalue weighted by Gasteiger charge is -2.11. The van der Waals surface area contributed by atoms with Gasteiger partial charge < -0.3 is 4.90 Å². The molecule has 0 spiro atoms. The zero-order chi connectivity index (χ0) is 15.5. The average molecular weight is 303 g/mol. The number of rotatable bonds is 4. The van der Waals surface area contributed by atoms with Crippen LogP contribution in [0.25, 0.3) is 0 Å². The predicted molar refractivity (Wildman–Crippen MR) is 84.5 cm³/mol. The van der Waals surface area contributed by atoms with Crippen LogP contribution in [0.2, 0.25) is 0 Å². The molecule has 0 amide bonds. The molecule has 2 aromatic carbocycles. The van der Waals surface area contributed by atoms with Gasteiger partial charge in [0.2, 0.25) is 0 Å². The number of benzene rings is 2. The van der Waals surface area contributed by atoms with Gasteiger partial charge in [-0.2, -0.15) is 10.2 Å². The summed E-state index contributed by atoms with van der Waals surface area (Å²) in [6.45, 7) is 0. The Morgan fingerprint density at radius 3 is 1.62 bits per heavy atom. The second kappa shape index (κ2) is 6.05. The molecule has 0 saturated carbocycles. The number of sulfone groups is 1. The Hall–Kier alpha value is -2.21. The van der Waals surface area contributed by atoms with E-state index in [9.17, 15) is 8.42 Å². The van der Waals surface area contributed by atoms with Crippen LogP contribution in [-0.4, -0.2) is 28.8 Å². The van der Waals surface area contributed by atoms with E-state index in [2.05, 4.69) is 10.2 Å². The van der Waals surface area contributed by atoms with Crippen LogP contribution < -0.4 is 4.90 Å². The van der Waals surface area contributed by atoms with Crippen molar-refractivity contribution in [2.45, 2.75) is 4.90 Å². The molecule has 0 heterocycles. The third-order valence-corrected chi connectivity index (χ3v) is 4.04. The van der Waals surface area contributed by atoms with Crippen LogP contribution in [-0.2, 0) is 9.84 Å². The van der Waals surface area contributed by atoms with Crippen LogP contribution >= 0.6 is 0 Å². The highest BCUT2D eigenvalue weighted by molar-refractivity contribution is 7.90. The summed E-state index contributed by atoms with van der Waals surface area (Å²) in [5.74, 6) is 0. The normalized spacial score (nSPS) is 11.8. The molecule has 0 aliphatic rings. The molecule has 0 fully saturated rings. The highest BCUT2D eigenvalue weighted by atomic mass is 32.2. The fourth-order valence-corrected chi connectivity index (χ4v) is 2.32. The van der Waals surface area contributed by atoms with Gasteiger partial charge in [0.15, 0.2) is 9.84 Å². The molecule has 0 unspecified atom stereocenters. The number of nitrogens with zero attached hydrogens (tertiary/aromatic N) is 3. The minimum Gasteiger partial charge on any atom is -0.378 e. The molecule has 0 N–H and O–H groups in total. The van der Waals surface area contributed by atoms with Gasteiger partial charge in [0.05, 0.1) is 16.3 Å². The number of hydrogen-bond acceptors (Lipinski definition) is 5. The zero-order valence-electron chi connectivity index (χ0n) is 12.2. The van der Waals surface area contributed by atoms with Crippen LogP contribution in [0.15, 0.2) is 63.7 Å². The van der Waals surface area contributed by atoms with Crippen molar-refractivity contribution < 1.29 is 8.42 Å². The average Bonchev–Trinajstić information content (AvgIpc) is 2.45. The molecular weight excluding hydrogens is 286 g/mol. The quantitative estimate of drug-likeness (QED) is 0.811. The van der Waals surface area contributed by atoms with E-state index in [0.29, 0.717) is 5.69 Å². The first kappa shape index (κ1) is 15.2. The third-order valence-electron chi connectivity index (χ3n) is 2.91. The maximum Gasteiger partial charge on any atom is 0.175 e. The van der Waals surface area contributed by atoms with Gasteiger partial charge in [0.1, 0.15) is 0 Å². The molecular formula is C15H17N3O2S.